The summed E-state index contributed by atoms with van der Waals surface area (Å²) in [7, 11) is 0. The lowest BCUT2D eigenvalue weighted by molar-refractivity contribution is 0.408. The zero-order valence-electron chi connectivity index (χ0n) is 15.0. The number of nitrogens with zero attached hydrogens (tertiary/aromatic N) is 3. The van der Waals surface area contributed by atoms with E-state index in [0.29, 0.717) is 11.8 Å². The van der Waals surface area contributed by atoms with Gasteiger partial charge in [0.25, 0.3) is 0 Å². The van der Waals surface area contributed by atoms with Crippen LogP contribution < -0.4 is 5.32 Å². The molecule has 3 rings (SSSR count). The summed E-state index contributed by atoms with van der Waals surface area (Å²) in [6.07, 6.45) is 3.09. The lowest BCUT2D eigenvalue weighted by Crippen LogP contribution is -2.48. The van der Waals surface area contributed by atoms with Gasteiger partial charge in [-0.05, 0) is 18.9 Å². The maximum Gasteiger partial charge on any atom is 0.194 e. The van der Waals surface area contributed by atoms with Crippen LogP contribution in [-0.2, 0) is 6.54 Å². The van der Waals surface area contributed by atoms with Crippen molar-refractivity contribution in [1.82, 2.24) is 20.2 Å². The summed E-state index contributed by atoms with van der Waals surface area (Å²) in [6, 6.07) is 10.3. The Morgan fingerprint density at radius 3 is 2.96 bits per heavy atom. The molecule has 1 atom stereocenters. The fourth-order valence-electron chi connectivity index (χ4n) is 2.94. The standard InChI is InChI=1S/C19H27N5S/c1-3-16-14-24(10-11-25-16)19(20-4-2)22-13-18-21-12-17(23-18)15-8-6-5-7-9-15/h5-9,12,16H,3-4,10-11,13-14H2,1-2H3,(H,20,22)(H,21,23). The fraction of sp³-hybridized carbons (Fsp3) is 0.474. The van der Waals surface area contributed by atoms with Crippen LogP contribution in [0.4, 0.5) is 0 Å². The van der Waals surface area contributed by atoms with E-state index in [1.54, 1.807) is 0 Å². The van der Waals surface area contributed by atoms with Crippen LogP contribution in [0.25, 0.3) is 11.3 Å². The van der Waals surface area contributed by atoms with E-state index in [2.05, 4.69) is 57.9 Å². The predicted molar refractivity (Wildman–Crippen MR) is 107 cm³/mol. The van der Waals surface area contributed by atoms with Crippen LogP contribution in [-0.4, -0.2) is 51.5 Å². The number of hydrogen-bond acceptors (Lipinski definition) is 3. The van der Waals surface area contributed by atoms with Gasteiger partial charge in [0.1, 0.15) is 12.4 Å². The Morgan fingerprint density at radius 2 is 2.20 bits per heavy atom. The third-order valence-corrected chi connectivity index (χ3v) is 5.69. The molecule has 1 aromatic heterocycles. The number of benzene rings is 1. The number of guanidine groups is 1. The molecule has 2 N–H and O–H groups in total. The maximum absolute atomic E-state index is 4.81. The minimum Gasteiger partial charge on any atom is -0.357 e. The number of H-pyrrole nitrogens is 1. The largest absolute Gasteiger partial charge is 0.357 e. The molecule has 25 heavy (non-hydrogen) atoms. The second-order valence-corrected chi connectivity index (χ2v) is 7.54. The van der Waals surface area contributed by atoms with Crippen LogP contribution in [0.1, 0.15) is 26.1 Å². The summed E-state index contributed by atoms with van der Waals surface area (Å²) in [4.78, 5) is 15.1. The van der Waals surface area contributed by atoms with Gasteiger partial charge in [0.15, 0.2) is 5.96 Å². The van der Waals surface area contributed by atoms with E-state index < -0.39 is 0 Å². The Kier molecular flexibility index (Phi) is 6.39. The number of thioether (sulfide) groups is 1. The Bertz CT molecular complexity index is 682. The molecular weight excluding hydrogens is 330 g/mol. The Morgan fingerprint density at radius 1 is 1.36 bits per heavy atom. The summed E-state index contributed by atoms with van der Waals surface area (Å²) in [5.74, 6) is 3.06. The van der Waals surface area contributed by atoms with Crippen molar-refractivity contribution < 1.29 is 0 Å². The lowest BCUT2D eigenvalue weighted by atomic mass is 10.2. The van der Waals surface area contributed by atoms with Gasteiger partial charge in [-0.15, -0.1) is 0 Å². The van der Waals surface area contributed by atoms with Gasteiger partial charge < -0.3 is 15.2 Å². The van der Waals surface area contributed by atoms with Crippen LogP contribution in [0, 0.1) is 0 Å². The van der Waals surface area contributed by atoms with Gasteiger partial charge in [0.05, 0.1) is 11.9 Å². The highest BCUT2D eigenvalue weighted by Crippen LogP contribution is 2.21. The molecule has 2 aromatic rings. The maximum atomic E-state index is 4.81. The molecule has 1 aliphatic heterocycles. The van der Waals surface area contributed by atoms with Gasteiger partial charge >= 0.3 is 0 Å². The van der Waals surface area contributed by atoms with Crippen molar-refractivity contribution in [2.24, 2.45) is 4.99 Å². The summed E-state index contributed by atoms with van der Waals surface area (Å²) < 4.78 is 0. The molecule has 0 saturated carbocycles. The second kappa shape index (κ2) is 8.94. The molecule has 1 aliphatic rings. The van der Waals surface area contributed by atoms with E-state index in [0.717, 1.165) is 42.7 Å². The molecule has 1 aromatic carbocycles. The lowest BCUT2D eigenvalue weighted by Gasteiger charge is -2.34. The van der Waals surface area contributed by atoms with E-state index in [1.165, 1.54) is 12.2 Å². The minimum absolute atomic E-state index is 0.565. The number of rotatable bonds is 5. The van der Waals surface area contributed by atoms with E-state index >= 15 is 0 Å². The van der Waals surface area contributed by atoms with Crippen molar-refractivity contribution in [2.45, 2.75) is 32.1 Å². The first kappa shape index (κ1) is 17.9. The SMILES string of the molecule is CCNC(=NCc1ncc(-c2ccccc2)[nH]1)N1CCSC(CC)C1. The molecule has 0 bridgehead atoms. The highest BCUT2D eigenvalue weighted by molar-refractivity contribution is 8.00. The highest BCUT2D eigenvalue weighted by Gasteiger charge is 2.21. The van der Waals surface area contributed by atoms with Crippen LogP contribution in [0.2, 0.25) is 0 Å². The average Bonchev–Trinajstić information content (AvgIpc) is 3.15. The van der Waals surface area contributed by atoms with E-state index in [-0.39, 0.29) is 0 Å². The normalized spacial score (nSPS) is 18.4. The molecule has 0 spiro atoms. The van der Waals surface area contributed by atoms with Crippen molar-refractivity contribution in [2.75, 3.05) is 25.4 Å². The van der Waals surface area contributed by atoms with Gasteiger partial charge in [0, 0.05) is 30.6 Å². The summed E-state index contributed by atoms with van der Waals surface area (Å²) in [5.41, 5.74) is 2.19. The number of aliphatic imine (C=N–C) groups is 1. The molecule has 6 heteroatoms. The van der Waals surface area contributed by atoms with E-state index in [9.17, 15) is 0 Å². The summed E-state index contributed by atoms with van der Waals surface area (Å²) in [6.45, 7) is 7.95. The first-order valence-electron chi connectivity index (χ1n) is 9.04. The molecule has 1 saturated heterocycles. The van der Waals surface area contributed by atoms with Crippen LogP contribution in [0.5, 0.6) is 0 Å². The Hall–Kier alpha value is -1.95. The van der Waals surface area contributed by atoms with Gasteiger partial charge in [-0.3, -0.25) is 0 Å². The topological polar surface area (TPSA) is 56.3 Å². The zero-order valence-corrected chi connectivity index (χ0v) is 15.9. The first-order chi connectivity index (χ1) is 12.3. The van der Waals surface area contributed by atoms with Crippen molar-refractivity contribution >= 4 is 17.7 Å². The predicted octanol–water partition coefficient (Wildman–Crippen LogP) is 3.37. The van der Waals surface area contributed by atoms with Crippen molar-refractivity contribution in [3.8, 4) is 11.3 Å². The van der Waals surface area contributed by atoms with Crippen LogP contribution in [0.15, 0.2) is 41.5 Å². The third-order valence-electron chi connectivity index (χ3n) is 4.32. The fourth-order valence-corrected chi connectivity index (χ4v) is 4.12. The van der Waals surface area contributed by atoms with E-state index in [4.69, 9.17) is 4.99 Å². The monoisotopic (exact) mass is 357 g/mol. The molecule has 134 valence electrons. The molecule has 0 amide bonds. The molecule has 0 radical (unpaired) electrons. The molecular formula is C19H27N5S. The number of nitrogens with one attached hydrogen (secondary N) is 2. The van der Waals surface area contributed by atoms with Gasteiger partial charge in [-0.1, -0.05) is 37.3 Å². The van der Waals surface area contributed by atoms with Crippen LogP contribution in [0.3, 0.4) is 0 Å². The average molecular weight is 358 g/mol. The Labute approximate surface area is 154 Å². The number of aromatic nitrogens is 2. The molecule has 5 nitrogen and oxygen atoms in total. The summed E-state index contributed by atoms with van der Waals surface area (Å²) >= 11 is 2.07. The molecule has 0 aliphatic carbocycles. The van der Waals surface area contributed by atoms with Gasteiger partial charge in [-0.2, -0.15) is 11.8 Å². The van der Waals surface area contributed by atoms with Crippen molar-refractivity contribution in [1.29, 1.82) is 0 Å². The summed E-state index contributed by atoms with van der Waals surface area (Å²) in [5, 5.41) is 4.13. The minimum atomic E-state index is 0.565. The molecule has 2 heterocycles. The first-order valence-corrected chi connectivity index (χ1v) is 10.1. The third kappa shape index (κ3) is 4.78. The molecule has 1 unspecified atom stereocenters. The number of hydrogen-bond donors (Lipinski definition) is 2. The second-order valence-electron chi connectivity index (χ2n) is 6.13. The smallest absolute Gasteiger partial charge is 0.194 e. The van der Waals surface area contributed by atoms with E-state index in [1.807, 2.05) is 24.4 Å². The quantitative estimate of drug-likeness (QED) is 0.636. The molecule has 1 fully saturated rings. The highest BCUT2D eigenvalue weighted by atomic mass is 32.2. The number of imidazole rings is 1. The van der Waals surface area contributed by atoms with Gasteiger partial charge in [-0.25, -0.2) is 9.98 Å². The number of aromatic amines is 1. The van der Waals surface area contributed by atoms with Crippen molar-refractivity contribution in [3.05, 3.63) is 42.4 Å². The zero-order chi connectivity index (χ0) is 17.5. The van der Waals surface area contributed by atoms with Crippen LogP contribution >= 0.6 is 11.8 Å². The van der Waals surface area contributed by atoms with Crippen molar-refractivity contribution in [3.63, 3.8) is 0 Å². The van der Waals surface area contributed by atoms with Gasteiger partial charge in [0.2, 0.25) is 0 Å². The Balaban J connectivity index is 1.68.